The van der Waals surface area contributed by atoms with E-state index in [1.165, 1.54) is 4.52 Å². The lowest BCUT2D eigenvalue weighted by atomic mass is 10.1. The number of fused-ring (bicyclic) bond motifs is 1. The molecule has 0 saturated heterocycles. The maximum Gasteiger partial charge on any atom is 0.277 e. The molecular weight excluding hydrogens is 412 g/mol. The molecule has 160 valence electrons. The number of hydrogen-bond donors (Lipinski definition) is 3. The van der Waals surface area contributed by atoms with Gasteiger partial charge in [-0.1, -0.05) is 18.2 Å². The summed E-state index contributed by atoms with van der Waals surface area (Å²) in [4.78, 5) is 35.4. The summed E-state index contributed by atoms with van der Waals surface area (Å²) in [5, 5.41) is 11.1. The Bertz CT molecular complexity index is 1290. The lowest BCUT2D eigenvalue weighted by molar-refractivity contribution is -0.116. The number of aryl methyl sites for hydroxylation is 2. The number of rotatable bonds is 7. The van der Waals surface area contributed by atoms with Gasteiger partial charge in [0.25, 0.3) is 11.3 Å². The Balaban J connectivity index is 1.47. The van der Waals surface area contributed by atoms with Crippen LogP contribution in [0.25, 0.3) is 5.78 Å². The van der Waals surface area contributed by atoms with Crippen LogP contribution < -0.4 is 16.2 Å². The number of nitrogens with zero attached hydrogens (tertiary/aromatic N) is 3. The number of benzene rings is 1. The smallest absolute Gasteiger partial charge is 0.277 e. The van der Waals surface area contributed by atoms with Gasteiger partial charge in [-0.25, -0.2) is 4.98 Å². The molecule has 0 aliphatic carbocycles. The van der Waals surface area contributed by atoms with Crippen LogP contribution in [0.15, 0.2) is 40.5 Å². The number of anilines is 2. The van der Waals surface area contributed by atoms with Gasteiger partial charge in [-0.3, -0.25) is 14.7 Å². The van der Waals surface area contributed by atoms with E-state index in [9.17, 15) is 9.59 Å². The third-order valence-corrected chi connectivity index (χ3v) is 6.16. The maximum atomic E-state index is 13.0. The quantitative estimate of drug-likeness (QED) is 0.411. The molecule has 0 saturated carbocycles. The highest BCUT2D eigenvalue weighted by molar-refractivity contribution is 7.09. The van der Waals surface area contributed by atoms with Crippen molar-refractivity contribution in [1.29, 1.82) is 0 Å². The summed E-state index contributed by atoms with van der Waals surface area (Å²) in [6.07, 6.45) is 0.489. The molecule has 0 aliphatic heterocycles. The summed E-state index contributed by atoms with van der Waals surface area (Å²) in [6.45, 7) is 6.36. The molecule has 4 aromatic rings. The second-order valence-electron chi connectivity index (χ2n) is 7.42. The van der Waals surface area contributed by atoms with Gasteiger partial charge in [0.2, 0.25) is 11.9 Å². The molecule has 0 bridgehead atoms. The molecule has 31 heavy (non-hydrogen) atoms. The van der Waals surface area contributed by atoms with Crippen molar-refractivity contribution in [1.82, 2.24) is 19.6 Å². The van der Waals surface area contributed by atoms with Gasteiger partial charge in [0.1, 0.15) is 0 Å². The molecule has 1 aromatic carbocycles. The molecule has 9 heteroatoms. The number of nitrogens with one attached hydrogen (secondary N) is 3. The minimum Gasteiger partial charge on any atom is -0.350 e. The van der Waals surface area contributed by atoms with E-state index in [4.69, 9.17) is 0 Å². The first-order valence-electron chi connectivity index (χ1n) is 10.0. The molecule has 3 N–H and O–H groups in total. The van der Waals surface area contributed by atoms with Crippen molar-refractivity contribution in [2.24, 2.45) is 0 Å². The standard InChI is InChI=1S/C22H24N6O2S/c1-13-6-4-8-18(14(13)2)25-19(29)10-9-17-15(3)24-22-26-21(27-28(22)20(17)30)23-12-16-7-5-11-31-16/h4-8,11H,9-10,12H2,1-3H3,(H,25,29)(H2,23,24,26,27). The van der Waals surface area contributed by atoms with Crippen molar-refractivity contribution in [2.45, 2.75) is 40.2 Å². The van der Waals surface area contributed by atoms with E-state index in [0.717, 1.165) is 21.7 Å². The van der Waals surface area contributed by atoms with Crippen molar-refractivity contribution in [2.75, 3.05) is 10.6 Å². The zero-order valence-electron chi connectivity index (χ0n) is 17.7. The van der Waals surface area contributed by atoms with Gasteiger partial charge in [-0.05, 0) is 55.8 Å². The number of carbonyl (C=O) groups excluding carboxylic acids is 1. The molecular formula is C22H24N6O2S. The SMILES string of the molecule is Cc1cccc(NC(=O)CCc2c(C)nc3nc(NCc4cccs4)[nH]n3c2=O)c1C. The first-order chi connectivity index (χ1) is 14.9. The van der Waals surface area contributed by atoms with Crippen molar-refractivity contribution < 1.29 is 4.79 Å². The maximum absolute atomic E-state index is 13.0. The predicted molar refractivity (Wildman–Crippen MR) is 123 cm³/mol. The van der Waals surface area contributed by atoms with Crippen LogP contribution in [0, 0.1) is 20.8 Å². The Morgan fingerprint density at radius 1 is 1.16 bits per heavy atom. The molecule has 0 unspecified atom stereocenters. The molecule has 0 spiro atoms. The second kappa shape index (κ2) is 8.73. The minimum atomic E-state index is -0.237. The summed E-state index contributed by atoms with van der Waals surface area (Å²) >= 11 is 1.64. The van der Waals surface area contributed by atoms with Crippen LogP contribution in [0.3, 0.4) is 0 Å². The van der Waals surface area contributed by atoms with Crippen LogP contribution >= 0.6 is 11.3 Å². The first-order valence-corrected chi connectivity index (χ1v) is 10.9. The summed E-state index contributed by atoms with van der Waals surface area (Å²) in [6, 6.07) is 9.80. The number of carbonyl (C=O) groups is 1. The molecule has 0 aliphatic rings. The van der Waals surface area contributed by atoms with Gasteiger partial charge in [-0.2, -0.15) is 9.50 Å². The van der Waals surface area contributed by atoms with E-state index in [1.807, 2.05) is 49.6 Å². The highest BCUT2D eigenvalue weighted by atomic mass is 32.1. The van der Waals surface area contributed by atoms with E-state index < -0.39 is 0 Å². The Morgan fingerprint density at radius 3 is 2.77 bits per heavy atom. The van der Waals surface area contributed by atoms with Gasteiger partial charge < -0.3 is 10.6 Å². The number of hydrogen-bond acceptors (Lipinski definition) is 6. The van der Waals surface area contributed by atoms with Gasteiger partial charge >= 0.3 is 0 Å². The fourth-order valence-corrected chi connectivity index (χ4v) is 3.99. The van der Waals surface area contributed by atoms with Crippen molar-refractivity contribution >= 4 is 34.7 Å². The van der Waals surface area contributed by atoms with Gasteiger partial charge in [0.15, 0.2) is 0 Å². The van der Waals surface area contributed by atoms with E-state index in [0.29, 0.717) is 35.9 Å². The number of aromatic nitrogens is 4. The summed E-state index contributed by atoms with van der Waals surface area (Å²) in [5.74, 6) is 0.641. The van der Waals surface area contributed by atoms with Crippen LogP contribution in [0.4, 0.5) is 11.6 Å². The molecule has 8 nitrogen and oxygen atoms in total. The molecule has 0 fully saturated rings. The van der Waals surface area contributed by atoms with E-state index in [2.05, 4.69) is 25.7 Å². The van der Waals surface area contributed by atoms with E-state index in [-0.39, 0.29) is 17.9 Å². The summed E-state index contributed by atoms with van der Waals surface area (Å²) in [5.41, 5.74) is 3.79. The lowest BCUT2D eigenvalue weighted by Gasteiger charge is -2.10. The number of aromatic amines is 1. The molecule has 3 aromatic heterocycles. The van der Waals surface area contributed by atoms with Crippen LogP contribution in [-0.2, 0) is 17.8 Å². The number of thiophene rings is 1. The Kier molecular flexibility index (Phi) is 5.85. The molecule has 1 amide bonds. The summed E-state index contributed by atoms with van der Waals surface area (Å²) < 4.78 is 1.32. The first kappa shape index (κ1) is 20.8. The number of H-pyrrole nitrogens is 1. The Hall–Kier alpha value is -3.46. The molecule has 0 radical (unpaired) electrons. The average molecular weight is 437 g/mol. The third-order valence-electron chi connectivity index (χ3n) is 5.29. The predicted octanol–water partition coefficient (Wildman–Crippen LogP) is 3.59. The van der Waals surface area contributed by atoms with Crippen molar-refractivity contribution in [3.63, 3.8) is 0 Å². The molecule has 4 rings (SSSR count). The van der Waals surface area contributed by atoms with Crippen LogP contribution in [0.5, 0.6) is 0 Å². The number of amides is 1. The summed E-state index contributed by atoms with van der Waals surface area (Å²) in [7, 11) is 0. The highest BCUT2D eigenvalue weighted by Gasteiger charge is 2.15. The minimum absolute atomic E-state index is 0.138. The fourth-order valence-electron chi connectivity index (χ4n) is 3.34. The van der Waals surface area contributed by atoms with Gasteiger partial charge in [-0.15, -0.1) is 11.3 Å². The van der Waals surface area contributed by atoms with E-state index >= 15 is 0 Å². The van der Waals surface area contributed by atoms with Crippen LogP contribution in [-0.4, -0.2) is 25.5 Å². The largest absolute Gasteiger partial charge is 0.350 e. The normalized spacial score (nSPS) is 11.1. The Morgan fingerprint density at radius 2 is 2.00 bits per heavy atom. The molecule has 3 heterocycles. The Labute approximate surface area is 183 Å². The van der Waals surface area contributed by atoms with Crippen molar-refractivity contribution in [3.8, 4) is 0 Å². The third kappa shape index (κ3) is 4.51. The monoisotopic (exact) mass is 436 g/mol. The van der Waals surface area contributed by atoms with Crippen LogP contribution in [0.2, 0.25) is 0 Å². The van der Waals surface area contributed by atoms with E-state index in [1.54, 1.807) is 18.3 Å². The van der Waals surface area contributed by atoms with Gasteiger partial charge in [0.05, 0.1) is 12.2 Å². The zero-order chi connectivity index (χ0) is 22.0. The highest BCUT2D eigenvalue weighted by Crippen LogP contribution is 2.18. The topological polar surface area (TPSA) is 104 Å². The fraction of sp³-hybridized carbons (Fsp3) is 0.273. The van der Waals surface area contributed by atoms with Crippen molar-refractivity contribution in [3.05, 3.63) is 73.3 Å². The van der Waals surface area contributed by atoms with Gasteiger partial charge in [0, 0.05) is 22.5 Å². The molecule has 0 atom stereocenters. The average Bonchev–Trinajstić information content (AvgIpc) is 3.39. The lowest BCUT2D eigenvalue weighted by Crippen LogP contribution is -2.23. The second-order valence-corrected chi connectivity index (χ2v) is 8.45. The zero-order valence-corrected chi connectivity index (χ0v) is 18.5. The van der Waals surface area contributed by atoms with Crippen LogP contribution in [0.1, 0.15) is 33.7 Å².